The van der Waals surface area contributed by atoms with Gasteiger partial charge >= 0.3 is 0 Å². The molecule has 0 saturated heterocycles. The van der Waals surface area contributed by atoms with E-state index in [-0.39, 0.29) is 12.4 Å². The lowest BCUT2D eigenvalue weighted by molar-refractivity contribution is 0.275. The maximum absolute atomic E-state index is 9.77. The van der Waals surface area contributed by atoms with E-state index < -0.39 is 0 Å². The molecule has 0 bridgehead atoms. The van der Waals surface area contributed by atoms with Gasteiger partial charge in [-0.15, -0.1) is 0 Å². The first kappa shape index (κ1) is 18.3. The van der Waals surface area contributed by atoms with Gasteiger partial charge in [-0.2, -0.15) is 0 Å². The largest absolute Gasteiger partial charge is 0.508 e. The van der Waals surface area contributed by atoms with Crippen molar-refractivity contribution in [3.8, 4) is 11.5 Å². The molecule has 0 spiro atoms. The molecule has 2 aromatic carbocycles. The fourth-order valence-electron chi connectivity index (χ4n) is 3.22. The number of benzene rings is 2. The summed E-state index contributed by atoms with van der Waals surface area (Å²) in [5, 5.41) is 27.5. The highest BCUT2D eigenvalue weighted by molar-refractivity contribution is 5.43. The van der Waals surface area contributed by atoms with Gasteiger partial charge in [-0.3, -0.25) is 0 Å². The molecule has 0 aromatic heterocycles. The fraction of sp³-hybridized carbons (Fsp3) is 0.429. The molecule has 1 aliphatic rings. The highest BCUT2D eigenvalue weighted by atomic mass is 16.3. The van der Waals surface area contributed by atoms with Crippen LogP contribution in [0.15, 0.2) is 42.5 Å². The third kappa shape index (κ3) is 5.27. The van der Waals surface area contributed by atoms with Crippen molar-refractivity contribution in [1.82, 2.24) is 0 Å². The molecule has 3 heteroatoms. The van der Waals surface area contributed by atoms with Crippen molar-refractivity contribution in [2.75, 3.05) is 0 Å². The predicted octanol–water partition coefficient (Wildman–Crippen LogP) is 4.57. The second-order valence-corrected chi connectivity index (χ2v) is 6.49. The Balaban J connectivity index is 0.000000249. The summed E-state index contributed by atoms with van der Waals surface area (Å²) in [6.07, 6.45) is 7.31. The zero-order valence-electron chi connectivity index (χ0n) is 14.4. The van der Waals surface area contributed by atoms with Gasteiger partial charge in [0.2, 0.25) is 0 Å². The van der Waals surface area contributed by atoms with Gasteiger partial charge < -0.3 is 15.3 Å². The van der Waals surface area contributed by atoms with Crippen molar-refractivity contribution in [2.45, 2.75) is 52.1 Å². The maximum Gasteiger partial charge on any atom is 0.121 e. The molecule has 0 aliphatic heterocycles. The van der Waals surface area contributed by atoms with E-state index in [9.17, 15) is 5.11 Å². The summed E-state index contributed by atoms with van der Waals surface area (Å²) in [5.41, 5.74) is 3.27. The van der Waals surface area contributed by atoms with Crippen molar-refractivity contribution < 1.29 is 15.3 Å². The van der Waals surface area contributed by atoms with Crippen LogP contribution in [0.4, 0.5) is 0 Å². The summed E-state index contributed by atoms with van der Waals surface area (Å²) in [4.78, 5) is 0. The van der Waals surface area contributed by atoms with Crippen LogP contribution in [0.3, 0.4) is 0 Å². The van der Waals surface area contributed by atoms with Gasteiger partial charge in [0.05, 0.1) is 6.61 Å². The molecule has 0 saturated carbocycles. The second kappa shape index (κ2) is 9.33. The average Bonchev–Trinajstić information content (AvgIpc) is 2.60. The second-order valence-electron chi connectivity index (χ2n) is 6.49. The molecule has 1 unspecified atom stereocenters. The Labute approximate surface area is 144 Å². The van der Waals surface area contributed by atoms with Crippen LogP contribution in [0.5, 0.6) is 11.5 Å². The lowest BCUT2D eigenvalue weighted by Gasteiger charge is -2.25. The van der Waals surface area contributed by atoms with E-state index in [1.165, 1.54) is 36.8 Å². The highest BCUT2D eigenvalue weighted by Gasteiger charge is 2.19. The van der Waals surface area contributed by atoms with E-state index in [0.717, 1.165) is 18.8 Å². The lowest BCUT2D eigenvalue weighted by Crippen LogP contribution is -2.14. The Bertz CT molecular complexity index is 622. The van der Waals surface area contributed by atoms with Crippen molar-refractivity contribution in [3.63, 3.8) is 0 Å². The molecule has 1 atom stereocenters. The number of phenols is 2. The van der Waals surface area contributed by atoms with E-state index in [4.69, 9.17) is 10.2 Å². The Hall–Kier alpha value is -2.00. The molecule has 0 amide bonds. The topological polar surface area (TPSA) is 60.7 Å². The number of phenolic OH excluding ortho intramolecular Hbond substituents is 1. The van der Waals surface area contributed by atoms with E-state index in [2.05, 4.69) is 6.92 Å². The highest BCUT2D eigenvalue weighted by Crippen LogP contribution is 2.32. The minimum absolute atomic E-state index is 0.0711. The lowest BCUT2D eigenvalue weighted by atomic mass is 9.81. The first-order chi connectivity index (χ1) is 11.6. The smallest absolute Gasteiger partial charge is 0.121 e. The number of unbranched alkanes of at least 4 members (excludes halogenated alkanes) is 1. The molecular weight excluding hydrogens is 300 g/mol. The Morgan fingerprint density at radius 3 is 2.38 bits per heavy atom. The summed E-state index contributed by atoms with van der Waals surface area (Å²) in [6.45, 7) is 2.16. The van der Waals surface area contributed by atoms with E-state index in [1.807, 2.05) is 18.2 Å². The number of aromatic hydroxyl groups is 2. The van der Waals surface area contributed by atoms with Crippen LogP contribution in [0, 0.1) is 5.92 Å². The maximum atomic E-state index is 9.77. The van der Waals surface area contributed by atoms with E-state index in [1.54, 1.807) is 24.3 Å². The van der Waals surface area contributed by atoms with Crippen LogP contribution >= 0.6 is 0 Å². The number of para-hydroxylation sites is 1. The van der Waals surface area contributed by atoms with Crippen LogP contribution in [0.1, 0.15) is 49.3 Å². The number of aryl methyl sites for hydroxylation is 1. The molecule has 3 rings (SSSR count). The molecular formula is C21H28O3. The van der Waals surface area contributed by atoms with Crippen LogP contribution < -0.4 is 0 Å². The summed E-state index contributed by atoms with van der Waals surface area (Å²) in [6, 6.07) is 12.5. The molecule has 0 fully saturated rings. The molecule has 1 aliphatic carbocycles. The van der Waals surface area contributed by atoms with Crippen molar-refractivity contribution in [3.05, 3.63) is 59.2 Å². The molecule has 2 aromatic rings. The third-order valence-electron chi connectivity index (χ3n) is 4.62. The SMILES string of the molecule is CCCCC1CCc2cc(CO)c(O)cc2C1.Oc1ccccc1. The molecule has 24 heavy (non-hydrogen) atoms. The average molecular weight is 328 g/mol. The first-order valence-corrected chi connectivity index (χ1v) is 8.82. The number of aliphatic hydroxyl groups excluding tert-OH is 1. The van der Waals surface area contributed by atoms with Gasteiger partial charge in [-0.25, -0.2) is 0 Å². The first-order valence-electron chi connectivity index (χ1n) is 8.82. The fourth-order valence-corrected chi connectivity index (χ4v) is 3.22. The number of hydrogen-bond acceptors (Lipinski definition) is 3. The third-order valence-corrected chi connectivity index (χ3v) is 4.62. The quantitative estimate of drug-likeness (QED) is 0.770. The zero-order chi connectivity index (χ0) is 17.4. The van der Waals surface area contributed by atoms with Crippen molar-refractivity contribution in [1.29, 1.82) is 0 Å². The molecule has 0 radical (unpaired) electrons. The summed E-state index contributed by atoms with van der Waals surface area (Å²) in [7, 11) is 0. The van der Waals surface area contributed by atoms with E-state index >= 15 is 0 Å². The minimum Gasteiger partial charge on any atom is -0.508 e. The van der Waals surface area contributed by atoms with Crippen LogP contribution in [-0.2, 0) is 19.4 Å². The van der Waals surface area contributed by atoms with Crippen molar-refractivity contribution in [2.24, 2.45) is 5.92 Å². The van der Waals surface area contributed by atoms with Crippen LogP contribution in [0.25, 0.3) is 0 Å². The van der Waals surface area contributed by atoms with Gasteiger partial charge in [0.25, 0.3) is 0 Å². The van der Waals surface area contributed by atoms with Gasteiger partial charge in [0.1, 0.15) is 11.5 Å². The Kier molecular flexibility index (Phi) is 7.13. The van der Waals surface area contributed by atoms with Gasteiger partial charge in [-0.1, -0.05) is 44.4 Å². The zero-order valence-corrected chi connectivity index (χ0v) is 14.4. The number of hydrogen-bond donors (Lipinski definition) is 3. The number of aliphatic hydroxyl groups is 1. The van der Waals surface area contributed by atoms with E-state index in [0.29, 0.717) is 11.3 Å². The van der Waals surface area contributed by atoms with Gasteiger partial charge in [0, 0.05) is 5.56 Å². The summed E-state index contributed by atoms with van der Waals surface area (Å²) >= 11 is 0. The molecule has 0 heterocycles. The monoisotopic (exact) mass is 328 g/mol. The number of rotatable bonds is 4. The Morgan fingerprint density at radius 2 is 1.79 bits per heavy atom. The molecule has 3 N–H and O–H groups in total. The standard InChI is InChI=1S/C15H22O2.C6H6O/c1-2-3-4-11-5-6-12-8-14(10-16)15(17)9-13(12)7-11;7-6-4-2-1-3-5-6/h8-9,11,16-17H,2-7,10H2,1H3;1-5,7H. The number of fused-ring (bicyclic) bond motifs is 1. The normalized spacial score (nSPS) is 16.0. The van der Waals surface area contributed by atoms with Crippen LogP contribution in [0.2, 0.25) is 0 Å². The van der Waals surface area contributed by atoms with Crippen LogP contribution in [-0.4, -0.2) is 15.3 Å². The molecule has 130 valence electrons. The summed E-state index contributed by atoms with van der Waals surface area (Å²) < 4.78 is 0. The van der Waals surface area contributed by atoms with Crippen molar-refractivity contribution >= 4 is 0 Å². The predicted molar refractivity (Wildman–Crippen MR) is 97.2 cm³/mol. The summed E-state index contributed by atoms with van der Waals surface area (Å²) in [5.74, 6) is 1.35. The van der Waals surface area contributed by atoms with Gasteiger partial charge in [0.15, 0.2) is 0 Å². The molecule has 3 nitrogen and oxygen atoms in total. The minimum atomic E-state index is -0.0711. The Morgan fingerprint density at radius 1 is 1.04 bits per heavy atom. The van der Waals surface area contributed by atoms with Gasteiger partial charge in [-0.05, 0) is 60.6 Å².